The number of benzene rings is 2. The molecule has 2 aromatic rings. The van der Waals surface area contributed by atoms with Crippen LogP contribution in [0.2, 0.25) is 0 Å². The third-order valence-electron chi connectivity index (χ3n) is 5.31. The maximum atomic E-state index is 12.3. The van der Waals surface area contributed by atoms with Gasteiger partial charge in [0.2, 0.25) is 5.91 Å². The van der Waals surface area contributed by atoms with Crippen molar-refractivity contribution in [2.75, 3.05) is 58.4 Å². The molecule has 3 rings (SSSR count). The average Bonchev–Trinajstić information content (AvgIpc) is 2.77. The Morgan fingerprint density at radius 1 is 1.00 bits per heavy atom. The Labute approximate surface area is 173 Å². The summed E-state index contributed by atoms with van der Waals surface area (Å²) in [7, 11) is 3.23. The van der Waals surface area contributed by atoms with Gasteiger partial charge in [-0.3, -0.25) is 9.69 Å². The van der Waals surface area contributed by atoms with Gasteiger partial charge in [-0.05, 0) is 43.3 Å². The van der Waals surface area contributed by atoms with E-state index in [4.69, 9.17) is 9.47 Å². The van der Waals surface area contributed by atoms with Gasteiger partial charge in [-0.1, -0.05) is 18.2 Å². The molecule has 0 unspecified atom stereocenters. The van der Waals surface area contributed by atoms with Gasteiger partial charge in [0.15, 0.2) is 0 Å². The van der Waals surface area contributed by atoms with Crippen molar-refractivity contribution in [3.63, 3.8) is 0 Å². The molecule has 156 valence electrons. The largest absolute Gasteiger partial charge is 0.497 e. The lowest BCUT2D eigenvalue weighted by Crippen LogP contribution is -2.47. The highest BCUT2D eigenvalue weighted by molar-refractivity contribution is 5.79. The molecule has 1 aliphatic heterocycles. The zero-order valence-electron chi connectivity index (χ0n) is 17.4. The first-order chi connectivity index (χ1) is 14.2. The van der Waals surface area contributed by atoms with E-state index in [-0.39, 0.29) is 12.3 Å². The Balaban J connectivity index is 1.35. The van der Waals surface area contributed by atoms with E-state index >= 15 is 0 Å². The number of hydrogen-bond donors (Lipinski definition) is 1. The van der Waals surface area contributed by atoms with Crippen LogP contribution in [0.4, 0.5) is 5.69 Å². The van der Waals surface area contributed by atoms with Gasteiger partial charge >= 0.3 is 0 Å². The van der Waals surface area contributed by atoms with Gasteiger partial charge in [0.05, 0.1) is 20.6 Å². The summed E-state index contributed by atoms with van der Waals surface area (Å²) in [5.41, 5.74) is 2.13. The van der Waals surface area contributed by atoms with E-state index in [0.717, 1.165) is 50.5 Å². The van der Waals surface area contributed by atoms with Crippen molar-refractivity contribution in [1.29, 1.82) is 0 Å². The molecule has 2 aromatic carbocycles. The third-order valence-corrected chi connectivity index (χ3v) is 5.31. The highest BCUT2D eigenvalue weighted by Crippen LogP contribution is 2.24. The fourth-order valence-corrected chi connectivity index (χ4v) is 3.65. The van der Waals surface area contributed by atoms with Gasteiger partial charge in [0, 0.05) is 44.0 Å². The third kappa shape index (κ3) is 6.12. The number of para-hydroxylation sites is 1. The van der Waals surface area contributed by atoms with Crippen molar-refractivity contribution >= 4 is 11.6 Å². The first-order valence-corrected chi connectivity index (χ1v) is 10.2. The Bertz CT molecular complexity index is 774. The van der Waals surface area contributed by atoms with Gasteiger partial charge in [-0.25, -0.2) is 0 Å². The van der Waals surface area contributed by atoms with Gasteiger partial charge in [-0.15, -0.1) is 0 Å². The zero-order valence-corrected chi connectivity index (χ0v) is 17.4. The SMILES string of the molecule is COc1ccc(OC)c(CC(=O)NCCCN2CCN(c3ccccc3)CC2)c1. The second kappa shape index (κ2) is 10.7. The first kappa shape index (κ1) is 21.0. The lowest BCUT2D eigenvalue weighted by molar-refractivity contribution is -0.120. The fourth-order valence-electron chi connectivity index (χ4n) is 3.65. The number of ether oxygens (including phenoxy) is 2. The molecular weight excluding hydrogens is 366 g/mol. The Morgan fingerprint density at radius 3 is 2.45 bits per heavy atom. The number of rotatable bonds is 9. The molecule has 1 saturated heterocycles. The summed E-state index contributed by atoms with van der Waals surface area (Å²) in [6.07, 6.45) is 1.24. The molecule has 1 fully saturated rings. The number of hydrogen-bond acceptors (Lipinski definition) is 5. The summed E-state index contributed by atoms with van der Waals surface area (Å²) >= 11 is 0. The molecule has 1 aliphatic rings. The van der Waals surface area contributed by atoms with Crippen LogP contribution in [0.15, 0.2) is 48.5 Å². The summed E-state index contributed by atoms with van der Waals surface area (Å²) in [6.45, 7) is 5.90. The fraction of sp³-hybridized carbons (Fsp3) is 0.435. The second-order valence-electron chi connectivity index (χ2n) is 7.22. The Kier molecular flexibility index (Phi) is 7.76. The molecule has 0 aliphatic carbocycles. The maximum absolute atomic E-state index is 12.3. The summed E-state index contributed by atoms with van der Waals surface area (Å²) in [4.78, 5) is 17.2. The Hall–Kier alpha value is -2.73. The van der Waals surface area contributed by atoms with E-state index in [1.165, 1.54) is 5.69 Å². The van der Waals surface area contributed by atoms with Gasteiger partial charge in [0.1, 0.15) is 11.5 Å². The molecule has 6 heteroatoms. The summed E-state index contributed by atoms with van der Waals surface area (Å²) in [5, 5.41) is 3.02. The first-order valence-electron chi connectivity index (χ1n) is 10.2. The van der Waals surface area contributed by atoms with E-state index in [9.17, 15) is 4.79 Å². The van der Waals surface area contributed by atoms with Crippen LogP contribution in [0.5, 0.6) is 11.5 Å². The van der Waals surface area contributed by atoms with Crippen LogP contribution in [-0.2, 0) is 11.2 Å². The van der Waals surface area contributed by atoms with Crippen molar-refractivity contribution in [3.05, 3.63) is 54.1 Å². The quantitative estimate of drug-likeness (QED) is 0.659. The number of anilines is 1. The molecule has 1 amide bonds. The predicted molar refractivity (Wildman–Crippen MR) is 116 cm³/mol. The summed E-state index contributed by atoms with van der Waals surface area (Å²) in [5.74, 6) is 1.44. The topological polar surface area (TPSA) is 54.0 Å². The van der Waals surface area contributed by atoms with E-state index in [1.54, 1.807) is 14.2 Å². The molecular formula is C23H31N3O3. The maximum Gasteiger partial charge on any atom is 0.224 e. The monoisotopic (exact) mass is 397 g/mol. The number of amides is 1. The smallest absolute Gasteiger partial charge is 0.224 e. The van der Waals surface area contributed by atoms with Crippen molar-refractivity contribution in [2.24, 2.45) is 0 Å². The van der Waals surface area contributed by atoms with E-state index in [0.29, 0.717) is 12.3 Å². The number of methoxy groups -OCH3 is 2. The number of carbonyl (C=O) groups excluding carboxylic acids is 1. The Morgan fingerprint density at radius 2 is 1.76 bits per heavy atom. The van der Waals surface area contributed by atoms with Crippen LogP contribution in [0, 0.1) is 0 Å². The van der Waals surface area contributed by atoms with Crippen LogP contribution in [0.3, 0.4) is 0 Å². The molecule has 1 N–H and O–H groups in total. The lowest BCUT2D eigenvalue weighted by atomic mass is 10.1. The van der Waals surface area contributed by atoms with Crippen LogP contribution < -0.4 is 19.7 Å². The zero-order chi connectivity index (χ0) is 20.5. The minimum absolute atomic E-state index is 0.00505. The minimum atomic E-state index is 0.00505. The van der Waals surface area contributed by atoms with E-state index < -0.39 is 0 Å². The average molecular weight is 398 g/mol. The molecule has 0 atom stereocenters. The molecule has 1 heterocycles. The highest BCUT2D eigenvalue weighted by Gasteiger charge is 2.16. The van der Waals surface area contributed by atoms with Crippen molar-refractivity contribution in [2.45, 2.75) is 12.8 Å². The van der Waals surface area contributed by atoms with Crippen molar-refractivity contribution in [1.82, 2.24) is 10.2 Å². The minimum Gasteiger partial charge on any atom is -0.497 e. The van der Waals surface area contributed by atoms with Crippen LogP contribution >= 0.6 is 0 Å². The number of piperazine rings is 1. The van der Waals surface area contributed by atoms with Crippen molar-refractivity contribution < 1.29 is 14.3 Å². The van der Waals surface area contributed by atoms with Crippen LogP contribution in [0.1, 0.15) is 12.0 Å². The second-order valence-corrected chi connectivity index (χ2v) is 7.22. The summed E-state index contributed by atoms with van der Waals surface area (Å²) < 4.78 is 10.6. The standard InChI is InChI=1S/C23H31N3O3/c1-28-21-9-10-22(29-2)19(17-21)18-23(27)24-11-6-12-25-13-15-26(16-14-25)20-7-4-3-5-8-20/h3-5,7-10,17H,6,11-16,18H2,1-2H3,(H,24,27). The lowest BCUT2D eigenvalue weighted by Gasteiger charge is -2.36. The number of nitrogens with one attached hydrogen (secondary N) is 1. The van der Waals surface area contributed by atoms with Gasteiger partial charge in [-0.2, -0.15) is 0 Å². The van der Waals surface area contributed by atoms with Crippen LogP contribution in [0.25, 0.3) is 0 Å². The molecule has 6 nitrogen and oxygen atoms in total. The molecule has 0 bridgehead atoms. The molecule has 0 radical (unpaired) electrons. The number of carbonyl (C=O) groups is 1. The summed E-state index contributed by atoms with van der Waals surface area (Å²) in [6, 6.07) is 16.1. The van der Waals surface area contributed by atoms with Crippen molar-refractivity contribution in [3.8, 4) is 11.5 Å². The van der Waals surface area contributed by atoms with E-state index in [2.05, 4.69) is 45.4 Å². The normalized spacial score (nSPS) is 14.5. The van der Waals surface area contributed by atoms with Crippen LogP contribution in [-0.4, -0.2) is 64.3 Å². The molecule has 0 spiro atoms. The molecule has 29 heavy (non-hydrogen) atoms. The highest BCUT2D eigenvalue weighted by atomic mass is 16.5. The number of nitrogens with zero attached hydrogens (tertiary/aromatic N) is 2. The molecule has 0 saturated carbocycles. The van der Waals surface area contributed by atoms with E-state index in [1.807, 2.05) is 18.2 Å². The predicted octanol–water partition coefficient (Wildman–Crippen LogP) is 2.57. The molecule has 0 aromatic heterocycles. The van der Waals surface area contributed by atoms with Gasteiger partial charge < -0.3 is 19.7 Å². The van der Waals surface area contributed by atoms with Gasteiger partial charge in [0.25, 0.3) is 0 Å².